The second kappa shape index (κ2) is 8.28. The van der Waals surface area contributed by atoms with Gasteiger partial charge in [0, 0.05) is 0 Å². The van der Waals surface area contributed by atoms with Crippen LogP contribution in [0.1, 0.15) is 37.4 Å². The van der Waals surface area contributed by atoms with Crippen LogP contribution in [0.2, 0.25) is 0 Å². The van der Waals surface area contributed by atoms with Crippen molar-refractivity contribution in [3.8, 4) is 0 Å². The van der Waals surface area contributed by atoms with Crippen LogP contribution < -0.4 is 16.4 Å². The summed E-state index contributed by atoms with van der Waals surface area (Å²) in [5.41, 5.74) is 7.50. The van der Waals surface area contributed by atoms with Gasteiger partial charge in [-0.1, -0.05) is 29.8 Å². The van der Waals surface area contributed by atoms with Gasteiger partial charge in [0.05, 0.1) is 18.5 Å². The van der Waals surface area contributed by atoms with Crippen LogP contribution in [0.15, 0.2) is 24.3 Å². The van der Waals surface area contributed by atoms with E-state index in [1.54, 1.807) is 0 Å². The highest BCUT2D eigenvalue weighted by Crippen LogP contribution is 2.13. The Morgan fingerprint density at radius 1 is 1.17 bits per heavy atom. The molecule has 0 aliphatic heterocycles. The normalized spacial score (nSPS) is 14.4. The molecule has 1 aromatic rings. The molecule has 0 bridgehead atoms. The fourth-order valence-corrected chi connectivity index (χ4v) is 2.03. The van der Waals surface area contributed by atoms with Gasteiger partial charge in [0.15, 0.2) is 0 Å². The van der Waals surface area contributed by atoms with Gasteiger partial charge >= 0.3 is 5.97 Å². The van der Waals surface area contributed by atoms with Gasteiger partial charge in [0.2, 0.25) is 11.8 Å². The van der Waals surface area contributed by atoms with Crippen molar-refractivity contribution in [3.63, 3.8) is 0 Å². The summed E-state index contributed by atoms with van der Waals surface area (Å²) in [5.74, 6) is -2.20. The maximum Gasteiger partial charge on any atom is 0.305 e. The number of rotatable bonds is 7. The minimum absolute atomic E-state index is 0.213. The molecule has 0 aliphatic rings. The summed E-state index contributed by atoms with van der Waals surface area (Å²) in [5, 5.41) is 13.8. The standard InChI is InChI=1S/C16H23N3O4/c1-9-5-4-6-12(7-9)10(2)18-15(22)11(3)19-16(23)13(17)8-14(20)21/h4-7,10-11,13H,8,17H2,1-3H3,(H,18,22)(H,19,23)(H,20,21)/t10-,11+,13-/m0/s1. The largest absolute Gasteiger partial charge is 0.481 e. The van der Waals surface area contributed by atoms with E-state index < -0.39 is 30.4 Å². The molecule has 3 atom stereocenters. The molecule has 23 heavy (non-hydrogen) atoms. The fraction of sp³-hybridized carbons (Fsp3) is 0.438. The van der Waals surface area contributed by atoms with Gasteiger partial charge in [0.25, 0.3) is 0 Å². The SMILES string of the molecule is Cc1cccc([C@H](C)NC(=O)[C@@H](C)NC(=O)[C@@H](N)CC(=O)O)c1. The van der Waals surface area contributed by atoms with E-state index in [9.17, 15) is 14.4 Å². The van der Waals surface area contributed by atoms with Crippen molar-refractivity contribution in [1.82, 2.24) is 10.6 Å². The average molecular weight is 321 g/mol. The van der Waals surface area contributed by atoms with Crippen LogP contribution in [-0.4, -0.2) is 35.0 Å². The van der Waals surface area contributed by atoms with Crippen molar-refractivity contribution >= 4 is 17.8 Å². The lowest BCUT2D eigenvalue weighted by Gasteiger charge is -2.20. The number of benzene rings is 1. The van der Waals surface area contributed by atoms with E-state index in [1.807, 2.05) is 38.1 Å². The van der Waals surface area contributed by atoms with Crippen LogP contribution in [0.4, 0.5) is 0 Å². The number of carbonyl (C=O) groups is 3. The molecule has 1 aromatic carbocycles. The van der Waals surface area contributed by atoms with Crippen LogP contribution in [0.3, 0.4) is 0 Å². The third kappa shape index (κ3) is 6.07. The van der Waals surface area contributed by atoms with Gasteiger partial charge in [-0.15, -0.1) is 0 Å². The molecule has 0 unspecified atom stereocenters. The Morgan fingerprint density at radius 3 is 2.39 bits per heavy atom. The molecule has 126 valence electrons. The topological polar surface area (TPSA) is 122 Å². The lowest BCUT2D eigenvalue weighted by Crippen LogP contribution is -2.51. The molecular weight excluding hydrogens is 298 g/mol. The molecule has 0 heterocycles. The first-order chi connectivity index (χ1) is 10.7. The molecular formula is C16H23N3O4. The molecule has 7 heteroatoms. The summed E-state index contributed by atoms with van der Waals surface area (Å²) in [6.45, 7) is 5.33. The number of carboxylic acid groups (broad SMARTS) is 1. The zero-order valence-corrected chi connectivity index (χ0v) is 13.5. The molecule has 0 saturated heterocycles. The minimum Gasteiger partial charge on any atom is -0.481 e. The minimum atomic E-state index is -1.18. The smallest absolute Gasteiger partial charge is 0.305 e. The summed E-state index contributed by atoms with van der Waals surface area (Å²) in [4.78, 5) is 34.3. The first-order valence-electron chi connectivity index (χ1n) is 7.35. The quantitative estimate of drug-likeness (QED) is 0.582. The zero-order valence-electron chi connectivity index (χ0n) is 13.5. The van der Waals surface area contributed by atoms with E-state index in [2.05, 4.69) is 10.6 Å². The summed E-state index contributed by atoms with van der Waals surface area (Å²) < 4.78 is 0. The maximum absolute atomic E-state index is 12.1. The fourth-order valence-electron chi connectivity index (χ4n) is 2.03. The number of nitrogens with one attached hydrogen (secondary N) is 2. The lowest BCUT2D eigenvalue weighted by molar-refractivity contribution is -0.139. The monoisotopic (exact) mass is 321 g/mol. The van der Waals surface area contributed by atoms with E-state index in [-0.39, 0.29) is 11.9 Å². The van der Waals surface area contributed by atoms with Crippen LogP contribution >= 0.6 is 0 Å². The van der Waals surface area contributed by atoms with Crippen molar-refractivity contribution in [1.29, 1.82) is 0 Å². The van der Waals surface area contributed by atoms with E-state index >= 15 is 0 Å². The van der Waals surface area contributed by atoms with Crippen molar-refractivity contribution in [2.45, 2.75) is 45.3 Å². The van der Waals surface area contributed by atoms with Crippen LogP contribution in [0, 0.1) is 6.92 Å². The second-order valence-corrected chi connectivity index (χ2v) is 5.58. The van der Waals surface area contributed by atoms with Gasteiger partial charge in [-0.3, -0.25) is 14.4 Å². The van der Waals surface area contributed by atoms with E-state index in [0.717, 1.165) is 11.1 Å². The third-order valence-corrected chi connectivity index (χ3v) is 3.38. The lowest BCUT2D eigenvalue weighted by atomic mass is 10.1. The number of carboxylic acids is 1. The molecule has 2 amide bonds. The Balaban J connectivity index is 2.56. The maximum atomic E-state index is 12.1. The number of hydrogen-bond donors (Lipinski definition) is 4. The molecule has 0 aliphatic carbocycles. The molecule has 0 aromatic heterocycles. The number of aryl methyl sites for hydroxylation is 1. The zero-order chi connectivity index (χ0) is 17.6. The second-order valence-electron chi connectivity index (χ2n) is 5.58. The Morgan fingerprint density at radius 2 is 1.83 bits per heavy atom. The molecule has 1 rings (SSSR count). The van der Waals surface area contributed by atoms with Crippen LogP contribution in [0.25, 0.3) is 0 Å². The van der Waals surface area contributed by atoms with Crippen molar-refractivity contribution in [2.75, 3.05) is 0 Å². The summed E-state index contributed by atoms with van der Waals surface area (Å²) in [7, 11) is 0. The predicted octanol–water partition coefficient (Wildman–Crippen LogP) is 0.479. The Kier molecular flexibility index (Phi) is 6.71. The van der Waals surface area contributed by atoms with Gasteiger partial charge in [-0.2, -0.15) is 0 Å². The molecule has 5 N–H and O–H groups in total. The summed E-state index contributed by atoms with van der Waals surface area (Å²) in [6, 6.07) is 5.54. The van der Waals surface area contributed by atoms with Crippen LogP contribution in [-0.2, 0) is 14.4 Å². The highest BCUT2D eigenvalue weighted by atomic mass is 16.4. The molecule has 0 radical (unpaired) electrons. The molecule has 0 saturated carbocycles. The van der Waals surface area contributed by atoms with Gasteiger partial charge < -0.3 is 21.5 Å². The van der Waals surface area contributed by atoms with E-state index in [1.165, 1.54) is 6.92 Å². The van der Waals surface area contributed by atoms with Crippen molar-refractivity contribution in [3.05, 3.63) is 35.4 Å². The Hall–Kier alpha value is -2.41. The average Bonchev–Trinajstić information content (AvgIpc) is 2.46. The summed E-state index contributed by atoms with van der Waals surface area (Å²) in [6.07, 6.45) is -0.486. The number of carbonyl (C=O) groups excluding carboxylic acids is 2. The summed E-state index contributed by atoms with van der Waals surface area (Å²) >= 11 is 0. The van der Waals surface area contributed by atoms with Crippen molar-refractivity contribution in [2.24, 2.45) is 5.73 Å². The number of hydrogen-bond acceptors (Lipinski definition) is 4. The molecule has 0 fully saturated rings. The number of amides is 2. The number of nitrogens with two attached hydrogens (primary N) is 1. The Labute approximate surface area is 135 Å². The molecule has 0 spiro atoms. The first kappa shape index (κ1) is 18.6. The van der Waals surface area contributed by atoms with E-state index in [0.29, 0.717) is 0 Å². The van der Waals surface area contributed by atoms with Crippen LogP contribution in [0.5, 0.6) is 0 Å². The van der Waals surface area contributed by atoms with Gasteiger partial charge in [0.1, 0.15) is 6.04 Å². The van der Waals surface area contributed by atoms with Gasteiger partial charge in [-0.25, -0.2) is 0 Å². The van der Waals surface area contributed by atoms with E-state index in [4.69, 9.17) is 10.8 Å². The molecule has 7 nitrogen and oxygen atoms in total. The van der Waals surface area contributed by atoms with Crippen molar-refractivity contribution < 1.29 is 19.5 Å². The highest BCUT2D eigenvalue weighted by Gasteiger charge is 2.22. The third-order valence-electron chi connectivity index (χ3n) is 3.38. The first-order valence-corrected chi connectivity index (χ1v) is 7.35. The predicted molar refractivity (Wildman–Crippen MR) is 85.6 cm³/mol. The highest BCUT2D eigenvalue weighted by molar-refractivity contribution is 5.91. The Bertz CT molecular complexity index is 588. The van der Waals surface area contributed by atoms with Gasteiger partial charge in [-0.05, 0) is 26.3 Å². The number of aliphatic carboxylic acids is 1.